The summed E-state index contributed by atoms with van der Waals surface area (Å²) in [4.78, 5) is 17.0. The Bertz CT molecular complexity index is 744. The molecule has 0 radical (unpaired) electrons. The molecule has 1 saturated carbocycles. The lowest BCUT2D eigenvalue weighted by atomic mass is 10.1. The van der Waals surface area contributed by atoms with Crippen molar-refractivity contribution in [3.05, 3.63) is 41.9 Å². The Balaban J connectivity index is 2.01. The van der Waals surface area contributed by atoms with Gasteiger partial charge in [-0.15, -0.1) is 0 Å². The first-order valence-electron chi connectivity index (χ1n) is 8.24. The smallest absolute Gasteiger partial charge is 0.272 e. The molecule has 1 heterocycles. The predicted molar refractivity (Wildman–Crippen MR) is 92.1 cm³/mol. The summed E-state index contributed by atoms with van der Waals surface area (Å²) in [5.41, 5.74) is 1.51. The Morgan fingerprint density at radius 2 is 2.33 bits per heavy atom. The van der Waals surface area contributed by atoms with E-state index in [0.717, 1.165) is 24.1 Å². The molecule has 24 heavy (non-hydrogen) atoms. The minimum atomic E-state index is -0.907. The molecule has 2 atom stereocenters. The number of aromatic nitrogens is 2. The van der Waals surface area contributed by atoms with Crippen LogP contribution in [0.15, 0.2) is 29.9 Å². The van der Waals surface area contributed by atoms with E-state index >= 15 is 0 Å². The number of allylic oxidation sites excluding steroid dienone is 2. The van der Waals surface area contributed by atoms with E-state index in [2.05, 4.69) is 22.0 Å². The van der Waals surface area contributed by atoms with Gasteiger partial charge in [-0.2, -0.15) is 5.10 Å². The Labute approximate surface area is 141 Å². The number of alkyl halides is 1. The number of nitrogens with one attached hydrogen (secondary N) is 1. The van der Waals surface area contributed by atoms with Crippen LogP contribution < -0.4 is 5.32 Å². The molecule has 0 unspecified atom stereocenters. The van der Waals surface area contributed by atoms with Gasteiger partial charge in [0, 0.05) is 17.7 Å². The van der Waals surface area contributed by atoms with Crippen molar-refractivity contribution in [2.24, 2.45) is 10.9 Å². The molecule has 5 nitrogen and oxygen atoms in total. The molecule has 0 saturated heterocycles. The first-order valence-corrected chi connectivity index (χ1v) is 8.24. The third kappa shape index (κ3) is 2.81. The summed E-state index contributed by atoms with van der Waals surface area (Å²) in [6.45, 7) is 8.37. The van der Waals surface area contributed by atoms with Gasteiger partial charge < -0.3 is 5.32 Å². The van der Waals surface area contributed by atoms with Crippen molar-refractivity contribution in [1.29, 1.82) is 0 Å². The van der Waals surface area contributed by atoms with Gasteiger partial charge in [0.15, 0.2) is 11.5 Å². The lowest BCUT2D eigenvalue weighted by Gasteiger charge is -2.21. The summed E-state index contributed by atoms with van der Waals surface area (Å²) < 4.78 is 14.8. The van der Waals surface area contributed by atoms with Crippen molar-refractivity contribution in [1.82, 2.24) is 15.1 Å². The van der Waals surface area contributed by atoms with Crippen molar-refractivity contribution >= 4 is 11.7 Å². The second kappa shape index (κ2) is 6.00. The van der Waals surface area contributed by atoms with E-state index in [1.807, 2.05) is 13.0 Å². The zero-order valence-corrected chi connectivity index (χ0v) is 14.3. The molecule has 1 aromatic rings. The van der Waals surface area contributed by atoms with E-state index in [-0.39, 0.29) is 5.91 Å². The number of aliphatic imine (C=N–C) groups is 1. The highest BCUT2D eigenvalue weighted by molar-refractivity contribution is 5.99. The van der Waals surface area contributed by atoms with Crippen molar-refractivity contribution in [2.75, 3.05) is 6.67 Å². The van der Waals surface area contributed by atoms with Crippen LogP contribution in [-0.2, 0) is 6.42 Å². The summed E-state index contributed by atoms with van der Waals surface area (Å²) >= 11 is 0. The SMILES string of the molecule is C=C/C(=N\C=C/C)n1nc(C(=O)NC(C)(C)CF)c2c1[C@H]1C[C@H]1C2. The second-order valence-corrected chi connectivity index (χ2v) is 7.08. The highest BCUT2D eigenvalue weighted by atomic mass is 19.1. The van der Waals surface area contributed by atoms with Crippen LogP contribution >= 0.6 is 0 Å². The van der Waals surface area contributed by atoms with Crippen LogP contribution in [0, 0.1) is 5.92 Å². The van der Waals surface area contributed by atoms with E-state index < -0.39 is 12.2 Å². The molecule has 2 aliphatic carbocycles. The van der Waals surface area contributed by atoms with Gasteiger partial charge in [0.1, 0.15) is 6.67 Å². The molecule has 1 aromatic heterocycles. The molecule has 1 fully saturated rings. The van der Waals surface area contributed by atoms with Gasteiger partial charge in [-0.1, -0.05) is 12.7 Å². The standard InChI is InChI=1S/C18H23FN4O/c1-5-7-20-14(6-2)23-16-12-8-11(12)9-13(16)15(22-23)17(24)21-18(3,4)10-19/h5-7,11-12H,2,8-10H2,1,3-4H3,(H,21,24)/b7-5-,20-14+/t11-,12-/m0/s1. The molecule has 1 N–H and O–H groups in total. The third-order valence-corrected chi connectivity index (χ3v) is 4.52. The lowest BCUT2D eigenvalue weighted by molar-refractivity contribution is 0.0893. The Hall–Kier alpha value is -2.24. The molecule has 128 valence electrons. The minimum Gasteiger partial charge on any atom is -0.343 e. The molecule has 0 aromatic carbocycles. The average Bonchev–Trinajstić information content (AvgIpc) is 3.05. The summed E-state index contributed by atoms with van der Waals surface area (Å²) in [6, 6.07) is 0. The topological polar surface area (TPSA) is 59.3 Å². The number of hydrogen-bond donors (Lipinski definition) is 1. The third-order valence-electron chi connectivity index (χ3n) is 4.52. The number of halogens is 1. The van der Waals surface area contributed by atoms with Gasteiger partial charge >= 0.3 is 0 Å². The number of nitrogens with zero attached hydrogens (tertiary/aromatic N) is 3. The van der Waals surface area contributed by atoms with Gasteiger partial charge in [-0.05, 0) is 45.6 Å². The normalized spacial score (nSPS) is 22.4. The zero-order valence-electron chi connectivity index (χ0n) is 14.3. The van der Waals surface area contributed by atoms with E-state index in [4.69, 9.17) is 0 Å². The van der Waals surface area contributed by atoms with Crippen LogP contribution in [0.2, 0.25) is 0 Å². The number of rotatable bonds is 5. The highest BCUT2D eigenvalue weighted by Gasteiger charge is 2.50. The van der Waals surface area contributed by atoms with Gasteiger partial charge in [0.05, 0.1) is 11.2 Å². The highest BCUT2D eigenvalue weighted by Crippen LogP contribution is 2.56. The first kappa shape index (κ1) is 16.6. The van der Waals surface area contributed by atoms with Crippen LogP contribution in [0.3, 0.4) is 0 Å². The van der Waals surface area contributed by atoms with E-state index in [1.165, 1.54) is 0 Å². The average molecular weight is 330 g/mol. The fourth-order valence-electron chi connectivity index (χ4n) is 3.22. The number of carbonyl (C=O) groups is 1. The van der Waals surface area contributed by atoms with Crippen molar-refractivity contribution in [2.45, 2.75) is 45.1 Å². The van der Waals surface area contributed by atoms with E-state index in [1.54, 1.807) is 30.8 Å². The Morgan fingerprint density at radius 3 is 2.96 bits per heavy atom. The fraction of sp³-hybridized carbons (Fsp3) is 0.500. The molecule has 0 bridgehead atoms. The molecule has 0 aliphatic heterocycles. The summed E-state index contributed by atoms with van der Waals surface area (Å²) in [6.07, 6.45) is 7.12. The van der Waals surface area contributed by atoms with Gasteiger partial charge in [0.2, 0.25) is 0 Å². The molecule has 3 rings (SSSR count). The van der Waals surface area contributed by atoms with Gasteiger partial charge in [-0.3, -0.25) is 4.79 Å². The number of amides is 1. The molecular weight excluding hydrogens is 307 g/mol. The monoisotopic (exact) mass is 330 g/mol. The van der Waals surface area contributed by atoms with Crippen molar-refractivity contribution in [3.8, 4) is 0 Å². The van der Waals surface area contributed by atoms with Crippen molar-refractivity contribution in [3.63, 3.8) is 0 Å². The van der Waals surface area contributed by atoms with Gasteiger partial charge in [0.25, 0.3) is 5.91 Å². The maximum absolute atomic E-state index is 13.0. The Morgan fingerprint density at radius 1 is 1.58 bits per heavy atom. The van der Waals surface area contributed by atoms with Gasteiger partial charge in [-0.25, -0.2) is 14.1 Å². The maximum Gasteiger partial charge on any atom is 0.272 e. The fourth-order valence-corrected chi connectivity index (χ4v) is 3.22. The first-order chi connectivity index (χ1) is 11.4. The molecule has 6 heteroatoms. The quantitative estimate of drug-likeness (QED) is 0.666. The summed E-state index contributed by atoms with van der Waals surface area (Å²) in [5, 5.41) is 7.22. The van der Waals surface area contributed by atoms with Crippen LogP contribution in [0.5, 0.6) is 0 Å². The van der Waals surface area contributed by atoms with Crippen LogP contribution in [-0.4, -0.2) is 33.7 Å². The Kier molecular flexibility index (Phi) is 4.15. The molecule has 2 aliphatic rings. The van der Waals surface area contributed by atoms with E-state index in [9.17, 15) is 9.18 Å². The van der Waals surface area contributed by atoms with Crippen LogP contribution in [0.1, 0.15) is 54.9 Å². The van der Waals surface area contributed by atoms with Crippen LogP contribution in [0.25, 0.3) is 0 Å². The summed E-state index contributed by atoms with van der Waals surface area (Å²) in [7, 11) is 0. The maximum atomic E-state index is 13.0. The lowest BCUT2D eigenvalue weighted by Crippen LogP contribution is -2.45. The molecule has 0 spiro atoms. The zero-order chi connectivity index (χ0) is 17.5. The second-order valence-electron chi connectivity index (χ2n) is 7.08. The molecule has 1 amide bonds. The van der Waals surface area contributed by atoms with E-state index in [0.29, 0.717) is 23.4 Å². The molecular formula is C18H23FN4O. The number of hydrogen-bond acceptors (Lipinski definition) is 3. The minimum absolute atomic E-state index is 0.330. The number of fused-ring (bicyclic) bond motifs is 3. The number of carbonyl (C=O) groups excluding carboxylic acids is 1. The predicted octanol–water partition coefficient (Wildman–Crippen LogP) is 2.99. The van der Waals surface area contributed by atoms with Crippen molar-refractivity contribution < 1.29 is 9.18 Å². The largest absolute Gasteiger partial charge is 0.343 e. The van der Waals surface area contributed by atoms with Crippen LogP contribution in [0.4, 0.5) is 4.39 Å². The summed E-state index contributed by atoms with van der Waals surface area (Å²) in [5.74, 6) is 1.31.